The number of hydrogen-bond donors (Lipinski definition) is 0. The Morgan fingerprint density at radius 3 is 2.60 bits per heavy atom. The summed E-state index contributed by atoms with van der Waals surface area (Å²) in [6, 6.07) is 0. The van der Waals surface area contributed by atoms with E-state index < -0.39 is 28.3 Å². The third-order valence-corrected chi connectivity index (χ3v) is 2.72. The maximum absolute atomic E-state index is 12.5. The van der Waals surface area contributed by atoms with Crippen molar-refractivity contribution in [1.29, 1.82) is 0 Å². The van der Waals surface area contributed by atoms with E-state index in [1.165, 1.54) is 22.6 Å². The van der Waals surface area contributed by atoms with Crippen molar-refractivity contribution in [2.75, 3.05) is 0 Å². The van der Waals surface area contributed by atoms with Crippen LogP contribution in [0, 0.1) is 13.7 Å². The van der Waals surface area contributed by atoms with Crippen LogP contribution in [0.2, 0.25) is 0 Å². The highest BCUT2D eigenvalue weighted by Crippen LogP contribution is 2.31. The molecular weight excluding hydrogens is 325 g/mol. The number of pyridine rings is 1. The second-order valence-corrected chi connectivity index (χ2v) is 3.51. The Labute approximate surface area is 95.8 Å². The van der Waals surface area contributed by atoms with Gasteiger partial charge in [0.25, 0.3) is 6.43 Å². The molecule has 80 valence electrons. The molecule has 0 saturated heterocycles. The van der Waals surface area contributed by atoms with Gasteiger partial charge in [-0.15, -0.1) is 0 Å². The molecule has 0 spiro atoms. The van der Waals surface area contributed by atoms with Gasteiger partial charge < -0.3 is 0 Å². The molecule has 1 aromatic heterocycles. The molecule has 1 aromatic rings. The van der Waals surface area contributed by atoms with Crippen molar-refractivity contribution >= 4 is 34.6 Å². The van der Waals surface area contributed by atoms with Crippen LogP contribution in [0.15, 0.2) is 6.20 Å². The summed E-state index contributed by atoms with van der Waals surface area (Å²) in [4.78, 5) is 23.3. The lowest BCUT2D eigenvalue weighted by molar-refractivity contribution is -0.386. The molecule has 5 nitrogen and oxygen atoms in total. The van der Waals surface area contributed by atoms with Gasteiger partial charge in [0.15, 0.2) is 6.29 Å². The summed E-state index contributed by atoms with van der Waals surface area (Å²) in [5.74, 6) is 0. The molecule has 0 fully saturated rings. The van der Waals surface area contributed by atoms with E-state index in [1.54, 1.807) is 0 Å². The van der Waals surface area contributed by atoms with Gasteiger partial charge in [-0.1, -0.05) is 0 Å². The maximum Gasteiger partial charge on any atom is 0.301 e. The second kappa shape index (κ2) is 4.55. The van der Waals surface area contributed by atoms with E-state index in [0.29, 0.717) is 0 Å². The van der Waals surface area contributed by atoms with Crippen LogP contribution in [-0.4, -0.2) is 16.2 Å². The lowest BCUT2D eigenvalue weighted by Gasteiger charge is -2.05. The highest BCUT2D eigenvalue weighted by atomic mass is 127. The number of aromatic nitrogens is 1. The molecule has 15 heavy (non-hydrogen) atoms. The van der Waals surface area contributed by atoms with Crippen LogP contribution in [0.25, 0.3) is 0 Å². The zero-order valence-corrected chi connectivity index (χ0v) is 9.14. The van der Waals surface area contributed by atoms with Crippen LogP contribution < -0.4 is 0 Å². The number of nitrogens with zero attached hydrogens (tertiary/aromatic N) is 2. The highest BCUT2D eigenvalue weighted by Gasteiger charge is 2.25. The fourth-order valence-corrected chi connectivity index (χ4v) is 1.78. The minimum Gasteiger partial charge on any atom is -0.296 e. The lowest BCUT2D eigenvalue weighted by atomic mass is 10.2. The van der Waals surface area contributed by atoms with Crippen LogP contribution in [-0.2, 0) is 0 Å². The molecule has 1 heterocycles. The summed E-state index contributed by atoms with van der Waals surface area (Å²) in [6.07, 6.45) is -2.03. The molecule has 1 rings (SSSR count). The summed E-state index contributed by atoms with van der Waals surface area (Å²) in [7, 11) is 0. The van der Waals surface area contributed by atoms with Gasteiger partial charge in [0.2, 0.25) is 0 Å². The Balaban J connectivity index is 3.49. The predicted octanol–water partition coefficient (Wildman–Crippen LogP) is 2.34. The molecule has 0 aromatic carbocycles. The summed E-state index contributed by atoms with van der Waals surface area (Å²) >= 11 is 1.40. The maximum atomic E-state index is 12.5. The number of halogens is 3. The Bertz CT molecular complexity index is 425. The van der Waals surface area contributed by atoms with Crippen molar-refractivity contribution in [3.8, 4) is 0 Å². The average Bonchev–Trinajstić information content (AvgIpc) is 2.15. The van der Waals surface area contributed by atoms with Crippen molar-refractivity contribution < 1.29 is 18.5 Å². The van der Waals surface area contributed by atoms with Gasteiger partial charge in [0.1, 0.15) is 15.5 Å². The molecule has 0 bridgehead atoms. The van der Waals surface area contributed by atoms with E-state index in [4.69, 9.17) is 0 Å². The monoisotopic (exact) mass is 328 g/mol. The third-order valence-electron chi connectivity index (χ3n) is 1.59. The first kappa shape index (κ1) is 11.9. The first-order valence-electron chi connectivity index (χ1n) is 3.55. The van der Waals surface area contributed by atoms with E-state index in [1.807, 2.05) is 0 Å². The fraction of sp³-hybridized carbons (Fsp3) is 0.143. The Morgan fingerprint density at radius 2 is 2.20 bits per heavy atom. The van der Waals surface area contributed by atoms with Crippen molar-refractivity contribution in [1.82, 2.24) is 4.98 Å². The summed E-state index contributed by atoms with van der Waals surface area (Å²) in [5, 5.41) is 10.4. The van der Waals surface area contributed by atoms with Gasteiger partial charge in [-0.05, 0) is 22.6 Å². The van der Waals surface area contributed by atoms with Gasteiger partial charge in [-0.3, -0.25) is 14.9 Å². The number of alkyl halides is 2. The lowest BCUT2D eigenvalue weighted by Crippen LogP contribution is -2.04. The smallest absolute Gasteiger partial charge is 0.296 e. The summed E-state index contributed by atoms with van der Waals surface area (Å²) in [6.45, 7) is 0. The normalized spacial score (nSPS) is 10.4. The van der Waals surface area contributed by atoms with Crippen molar-refractivity contribution in [3.05, 3.63) is 31.1 Å². The molecule has 0 atom stereocenters. The van der Waals surface area contributed by atoms with Crippen LogP contribution >= 0.6 is 22.6 Å². The van der Waals surface area contributed by atoms with Crippen molar-refractivity contribution in [2.45, 2.75) is 6.43 Å². The quantitative estimate of drug-likeness (QED) is 0.369. The van der Waals surface area contributed by atoms with E-state index >= 15 is 0 Å². The fourth-order valence-electron chi connectivity index (χ4n) is 0.936. The first-order valence-corrected chi connectivity index (χ1v) is 4.63. The van der Waals surface area contributed by atoms with Gasteiger partial charge >= 0.3 is 5.69 Å². The number of nitro groups is 1. The molecule has 0 amide bonds. The molecular formula is C7H3F2IN2O3. The molecule has 0 N–H and O–H groups in total. The van der Waals surface area contributed by atoms with Gasteiger partial charge in [0, 0.05) is 0 Å². The van der Waals surface area contributed by atoms with E-state index in [0.717, 1.165) is 6.20 Å². The highest BCUT2D eigenvalue weighted by molar-refractivity contribution is 14.1. The minimum absolute atomic E-state index is 0.146. The third kappa shape index (κ3) is 2.25. The predicted molar refractivity (Wildman–Crippen MR) is 54.0 cm³/mol. The Kier molecular flexibility index (Phi) is 3.61. The number of carbonyl (C=O) groups is 1. The Morgan fingerprint density at radius 1 is 1.60 bits per heavy atom. The minimum atomic E-state index is -2.97. The average molecular weight is 328 g/mol. The topological polar surface area (TPSA) is 73.1 Å². The van der Waals surface area contributed by atoms with Gasteiger partial charge in [-0.2, -0.15) is 0 Å². The number of hydrogen-bond acceptors (Lipinski definition) is 4. The van der Waals surface area contributed by atoms with Crippen LogP contribution in [0.4, 0.5) is 14.5 Å². The summed E-state index contributed by atoms with van der Waals surface area (Å²) < 4.78 is 24.7. The van der Waals surface area contributed by atoms with Crippen LogP contribution in [0.1, 0.15) is 22.5 Å². The number of aldehydes is 1. The van der Waals surface area contributed by atoms with Gasteiger partial charge in [0.05, 0.1) is 10.5 Å². The molecule has 0 aliphatic heterocycles. The van der Waals surface area contributed by atoms with E-state index in [2.05, 4.69) is 4.98 Å². The molecule has 0 aliphatic rings. The SMILES string of the molecule is O=Cc1ncc([N+](=O)[O-])c(I)c1C(F)F. The van der Waals surface area contributed by atoms with E-state index in [9.17, 15) is 23.7 Å². The number of carbonyl (C=O) groups excluding carboxylic acids is 1. The molecule has 0 radical (unpaired) electrons. The molecule has 8 heteroatoms. The largest absolute Gasteiger partial charge is 0.301 e. The van der Waals surface area contributed by atoms with E-state index in [-0.39, 0.29) is 9.86 Å². The second-order valence-electron chi connectivity index (χ2n) is 2.43. The van der Waals surface area contributed by atoms with Gasteiger partial charge in [-0.25, -0.2) is 13.8 Å². The molecule has 0 aliphatic carbocycles. The zero-order valence-electron chi connectivity index (χ0n) is 6.99. The van der Waals surface area contributed by atoms with Crippen molar-refractivity contribution in [2.24, 2.45) is 0 Å². The van der Waals surface area contributed by atoms with Crippen LogP contribution in [0.3, 0.4) is 0 Å². The van der Waals surface area contributed by atoms with Crippen LogP contribution in [0.5, 0.6) is 0 Å². The Hall–Kier alpha value is -1.19. The first-order chi connectivity index (χ1) is 6.99. The van der Waals surface area contributed by atoms with Crippen molar-refractivity contribution in [3.63, 3.8) is 0 Å². The molecule has 0 unspecified atom stereocenters. The number of rotatable bonds is 3. The zero-order chi connectivity index (χ0) is 11.6. The summed E-state index contributed by atoms with van der Waals surface area (Å²) in [5.41, 5.74) is -1.70. The standard InChI is InChI=1S/C7H3F2IN2O3/c8-7(9)5-3(2-13)11-1-4(6(5)10)12(14)15/h1-2,7H. The molecule has 0 saturated carbocycles.